The van der Waals surface area contributed by atoms with E-state index in [9.17, 15) is 0 Å². The van der Waals surface area contributed by atoms with Crippen LogP contribution < -0.4 is 8.97 Å². The third kappa shape index (κ3) is 2.90. The Balaban J connectivity index is 2.63. The first kappa shape index (κ1) is 9.66. The van der Waals surface area contributed by atoms with E-state index in [-0.39, 0.29) is 6.29 Å². The number of rotatable bonds is 3. The van der Waals surface area contributed by atoms with E-state index >= 15 is 0 Å². The van der Waals surface area contributed by atoms with Crippen molar-refractivity contribution in [3.05, 3.63) is 24.3 Å². The molecule has 0 heterocycles. The van der Waals surface area contributed by atoms with Gasteiger partial charge in [0.1, 0.15) is 0 Å². The predicted molar refractivity (Wildman–Crippen MR) is 48.9 cm³/mol. The van der Waals surface area contributed by atoms with Crippen molar-refractivity contribution >= 4 is 22.0 Å². The minimum absolute atomic E-state index is 0.188. The van der Waals surface area contributed by atoms with Crippen LogP contribution in [0.25, 0.3) is 0 Å². The molecule has 60 valence electrons. The van der Waals surface area contributed by atoms with E-state index in [0.29, 0.717) is 0 Å². The quantitative estimate of drug-likeness (QED) is 0.479. The van der Waals surface area contributed by atoms with Gasteiger partial charge in [0, 0.05) is 0 Å². The summed E-state index contributed by atoms with van der Waals surface area (Å²) in [6.07, 6.45) is -0.188. The summed E-state index contributed by atoms with van der Waals surface area (Å²) in [4.78, 5) is 0. The van der Waals surface area contributed by atoms with Crippen molar-refractivity contribution in [1.29, 1.82) is 0 Å². The normalized spacial score (nSPS) is 12.7. The molecule has 0 radical (unpaired) electrons. The number of ether oxygens (including phenoxy) is 2. The van der Waals surface area contributed by atoms with Crippen LogP contribution in [0.5, 0.6) is 5.75 Å². The summed E-state index contributed by atoms with van der Waals surface area (Å²) in [7, 11) is 1.63. The summed E-state index contributed by atoms with van der Waals surface area (Å²) in [6.45, 7) is 1.86. The SMILES string of the molecule is [Li][c]1cccc(OC(C)OC)c1. The molecule has 1 atom stereocenters. The molecule has 0 fully saturated rings. The van der Waals surface area contributed by atoms with Crippen LogP contribution >= 0.6 is 0 Å². The van der Waals surface area contributed by atoms with Crippen molar-refractivity contribution < 1.29 is 9.47 Å². The maximum atomic E-state index is 5.42. The molecule has 0 amide bonds. The van der Waals surface area contributed by atoms with Gasteiger partial charge >= 0.3 is 81.8 Å². The first-order chi connectivity index (χ1) is 5.72. The molecule has 1 aromatic carbocycles. The molecule has 1 unspecified atom stereocenters. The van der Waals surface area contributed by atoms with E-state index in [4.69, 9.17) is 9.47 Å². The Labute approximate surface area is 82.1 Å². The summed E-state index contributed by atoms with van der Waals surface area (Å²) < 4.78 is 11.6. The monoisotopic (exact) mass is 158 g/mol. The Morgan fingerprint density at radius 1 is 1.42 bits per heavy atom. The van der Waals surface area contributed by atoms with E-state index in [1.165, 1.54) is 4.24 Å². The van der Waals surface area contributed by atoms with E-state index in [1.54, 1.807) is 7.11 Å². The van der Waals surface area contributed by atoms with Gasteiger partial charge in [-0.1, -0.05) is 0 Å². The third-order valence-electron chi connectivity index (χ3n) is 1.62. The zero-order chi connectivity index (χ0) is 8.97. The van der Waals surface area contributed by atoms with Crippen molar-refractivity contribution in [2.75, 3.05) is 7.11 Å². The van der Waals surface area contributed by atoms with Gasteiger partial charge in [0.2, 0.25) is 0 Å². The van der Waals surface area contributed by atoms with Crippen LogP contribution in [0, 0.1) is 0 Å². The van der Waals surface area contributed by atoms with Gasteiger partial charge in [0.25, 0.3) is 0 Å². The van der Waals surface area contributed by atoms with Crippen LogP contribution in [0.15, 0.2) is 24.3 Å². The van der Waals surface area contributed by atoms with E-state index in [0.717, 1.165) is 5.75 Å². The summed E-state index contributed by atoms with van der Waals surface area (Å²) in [6, 6.07) is 7.90. The van der Waals surface area contributed by atoms with Gasteiger partial charge in [0.15, 0.2) is 0 Å². The van der Waals surface area contributed by atoms with Crippen LogP contribution in [0.3, 0.4) is 0 Å². The first-order valence-corrected chi connectivity index (χ1v) is 3.98. The Morgan fingerprint density at radius 3 is 2.75 bits per heavy atom. The molecule has 2 nitrogen and oxygen atoms in total. The molecule has 0 saturated heterocycles. The molecule has 1 aromatic rings. The predicted octanol–water partition coefficient (Wildman–Crippen LogP) is 0.852. The average molecular weight is 158 g/mol. The fourth-order valence-corrected chi connectivity index (χ4v) is 0.928. The summed E-state index contributed by atoms with van der Waals surface area (Å²) in [5.41, 5.74) is 0. The van der Waals surface area contributed by atoms with Gasteiger partial charge in [-0.2, -0.15) is 0 Å². The Kier molecular flexibility index (Phi) is 3.68. The second-order valence-corrected chi connectivity index (χ2v) is 2.74. The van der Waals surface area contributed by atoms with Gasteiger partial charge in [-0.3, -0.25) is 0 Å². The molecular weight excluding hydrogens is 147 g/mol. The minimum atomic E-state index is -0.188. The van der Waals surface area contributed by atoms with Crippen molar-refractivity contribution in [3.8, 4) is 5.75 Å². The zero-order valence-corrected chi connectivity index (χ0v) is 7.70. The molecule has 12 heavy (non-hydrogen) atoms. The van der Waals surface area contributed by atoms with Crippen molar-refractivity contribution in [3.63, 3.8) is 0 Å². The molecule has 0 spiro atoms. The molecule has 1 rings (SSSR count). The number of methoxy groups -OCH3 is 1. The van der Waals surface area contributed by atoms with Crippen molar-refractivity contribution in [2.45, 2.75) is 13.2 Å². The number of benzene rings is 1. The number of hydrogen-bond acceptors (Lipinski definition) is 2. The second-order valence-electron chi connectivity index (χ2n) is 2.74. The molecular formula is C9H11LiO2. The zero-order valence-electron chi connectivity index (χ0n) is 7.70. The molecule has 0 aliphatic rings. The summed E-state index contributed by atoms with van der Waals surface area (Å²) >= 11 is 2.03. The molecule has 3 heteroatoms. The van der Waals surface area contributed by atoms with E-state index in [2.05, 4.69) is 0 Å². The van der Waals surface area contributed by atoms with Crippen molar-refractivity contribution in [2.24, 2.45) is 0 Å². The second kappa shape index (κ2) is 4.57. The summed E-state index contributed by atoms with van der Waals surface area (Å²) in [5, 5.41) is 0. The molecule has 0 N–H and O–H groups in total. The van der Waals surface area contributed by atoms with Crippen LogP contribution in [-0.2, 0) is 4.74 Å². The van der Waals surface area contributed by atoms with Crippen LogP contribution in [0.4, 0.5) is 0 Å². The first-order valence-electron chi connectivity index (χ1n) is 3.98. The Hall–Kier alpha value is -0.423. The fraction of sp³-hybridized carbons (Fsp3) is 0.333. The van der Waals surface area contributed by atoms with E-state index < -0.39 is 0 Å². The van der Waals surface area contributed by atoms with Gasteiger partial charge in [-0.15, -0.1) is 0 Å². The van der Waals surface area contributed by atoms with Gasteiger partial charge in [-0.05, 0) is 0 Å². The molecule has 0 saturated carbocycles. The van der Waals surface area contributed by atoms with Crippen LogP contribution in [-0.4, -0.2) is 31.1 Å². The Morgan fingerprint density at radius 2 is 2.17 bits per heavy atom. The van der Waals surface area contributed by atoms with Crippen molar-refractivity contribution in [1.82, 2.24) is 0 Å². The standard InChI is InChI=1S/C9H11O2.Li/c1-8(10-2)11-9-6-4-3-5-7-9;/h3-4,6-8H,1-2H3;. The van der Waals surface area contributed by atoms with Crippen LogP contribution in [0.1, 0.15) is 6.92 Å². The average Bonchev–Trinajstić information content (AvgIpc) is 2.04. The molecule has 0 aliphatic carbocycles. The summed E-state index contributed by atoms with van der Waals surface area (Å²) in [5.74, 6) is 0.851. The van der Waals surface area contributed by atoms with Gasteiger partial charge < -0.3 is 0 Å². The molecule has 0 aliphatic heterocycles. The Bertz CT molecular complexity index is 250. The fourth-order valence-electron chi connectivity index (χ4n) is 0.928. The van der Waals surface area contributed by atoms with E-state index in [1.807, 2.05) is 48.9 Å². The molecule has 0 aromatic heterocycles. The topological polar surface area (TPSA) is 18.5 Å². The maximum absolute atomic E-state index is 5.42. The van der Waals surface area contributed by atoms with Gasteiger partial charge in [0.05, 0.1) is 0 Å². The number of hydrogen-bond donors (Lipinski definition) is 0. The third-order valence-corrected chi connectivity index (χ3v) is 1.62. The van der Waals surface area contributed by atoms with Crippen LogP contribution in [0.2, 0.25) is 0 Å². The van der Waals surface area contributed by atoms with Gasteiger partial charge in [-0.25, -0.2) is 0 Å². The molecule has 0 bridgehead atoms.